The second-order valence-electron chi connectivity index (χ2n) is 6.87. The summed E-state index contributed by atoms with van der Waals surface area (Å²) in [5, 5.41) is 10.5. The van der Waals surface area contributed by atoms with Crippen LogP contribution in [-0.4, -0.2) is 50.1 Å². The number of hydrogen-bond donors (Lipinski definition) is 2. The first kappa shape index (κ1) is 17.4. The fourth-order valence-corrected chi connectivity index (χ4v) is 3.60. The van der Waals surface area contributed by atoms with Gasteiger partial charge in [-0.3, -0.25) is 19.8 Å². The maximum absolute atomic E-state index is 11.7. The Kier molecular flexibility index (Phi) is 4.93. The van der Waals surface area contributed by atoms with Gasteiger partial charge in [0.15, 0.2) is 5.82 Å². The minimum atomic E-state index is -0.0291. The highest BCUT2D eigenvalue weighted by Gasteiger charge is 2.36. The van der Waals surface area contributed by atoms with E-state index in [0.29, 0.717) is 5.82 Å². The third kappa shape index (κ3) is 4.03. The van der Waals surface area contributed by atoms with Crippen LogP contribution in [0.25, 0.3) is 11.4 Å². The first-order chi connectivity index (χ1) is 13.2. The molecule has 0 unspecified atom stereocenters. The van der Waals surface area contributed by atoms with Crippen molar-refractivity contribution in [2.75, 3.05) is 13.1 Å². The number of benzene rings is 1. The molecule has 0 bridgehead atoms. The summed E-state index contributed by atoms with van der Waals surface area (Å²) in [6.07, 6.45) is 3.60. The van der Waals surface area contributed by atoms with Crippen LogP contribution in [0.2, 0.25) is 0 Å². The van der Waals surface area contributed by atoms with Crippen molar-refractivity contribution in [1.29, 1.82) is 0 Å². The van der Waals surface area contributed by atoms with Crippen LogP contribution in [0.4, 0.5) is 0 Å². The van der Waals surface area contributed by atoms with E-state index < -0.39 is 0 Å². The summed E-state index contributed by atoms with van der Waals surface area (Å²) in [4.78, 5) is 22.8. The van der Waals surface area contributed by atoms with Gasteiger partial charge in [-0.05, 0) is 17.7 Å². The monoisotopic (exact) mass is 362 g/mol. The summed E-state index contributed by atoms with van der Waals surface area (Å²) in [5.74, 6) is 1.53. The van der Waals surface area contributed by atoms with E-state index in [1.807, 2.05) is 42.5 Å². The van der Waals surface area contributed by atoms with Gasteiger partial charge >= 0.3 is 0 Å². The van der Waals surface area contributed by atoms with Crippen LogP contribution in [0.5, 0.6) is 0 Å². The molecule has 4 rings (SSSR count). The summed E-state index contributed by atoms with van der Waals surface area (Å²) in [7, 11) is 0. The Hall–Kier alpha value is -3.06. The molecule has 0 radical (unpaired) electrons. The Labute approximate surface area is 157 Å². The third-order valence-electron chi connectivity index (χ3n) is 4.83. The number of aromatic nitrogens is 4. The number of rotatable bonds is 5. The first-order valence-electron chi connectivity index (χ1n) is 9.05. The Morgan fingerprint density at radius 1 is 1.19 bits per heavy atom. The van der Waals surface area contributed by atoms with E-state index in [2.05, 4.69) is 25.4 Å². The van der Waals surface area contributed by atoms with Crippen LogP contribution in [0.15, 0.2) is 54.9 Å². The predicted molar refractivity (Wildman–Crippen MR) is 102 cm³/mol. The van der Waals surface area contributed by atoms with Crippen LogP contribution >= 0.6 is 0 Å². The second kappa shape index (κ2) is 7.67. The van der Waals surface area contributed by atoms with Crippen molar-refractivity contribution < 1.29 is 4.79 Å². The molecule has 2 N–H and O–H groups in total. The SMILES string of the molecule is CC(=O)N[C@@H]1CN(Cc2ccncc2)C[C@H]1c1nc(-c2ccccc2)n[nH]1. The molecule has 1 aliphatic heterocycles. The number of H-pyrrole nitrogens is 1. The first-order valence-corrected chi connectivity index (χ1v) is 9.05. The lowest BCUT2D eigenvalue weighted by atomic mass is 10.0. The number of nitrogens with one attached hydrogen (secondary N) is 2. The van der Waals surface area contributed by atoms with Gasteiger partial charge in [-0.2, -0.15) is 5.10 Å². The number of likely N-dealkylation sites (tertiary alicyclic amines) is 1. The van der Waals surface area contributed by atoms with Gasteiger partial charge in [-0.25, -0.2) is 4.98 Å². The summed E-state index contributed by atoms with van der Waals surface area (Å²) in [6, 6.07) is 13.9. The quantitative estimate of drug-likeness (QED) is 0.725. The van der Waals surface area contributed by atoms with Crippen LogP contribution in [0, 0.1) is 0 Å². The Morgan fingerprint density at radius 2 is 1.96 bits per heavy atom. The maximum atomic E-state index is 11.7. The number of nitrogens with zero attached hydrogens (tertiary/aromatic N) is 4. The standard InChI is InChI=1S/C20H22N6O/c1-14(27)22-18-13-26(11-15-7-9-21-10-8-15)12-17(18)20-23-19(24-25-20)16-5-3-2-4-6-16/h2-10,17-18H,11-13H2,1H3,(H,22,27)(H,23,24,25)/t17-,18-/m1/s1. The smallest absolute Gasteiger partial charge is 0.217 e. The van der Waals surface area contributed by atoms with Crippen molar-refractivity contribution in [3.8, 4) is 11.4 Å². The van der Waals surface area contributed by atoms with E-state index in [1.54, 1.807) is 19.3 Å². The van der Waals surface area contributed by atoms with Gasteiger partial charge in [0.1, 0.15) is 5.82 Å². The number of carbonyl (C=O) groups excluding carboxylic acids is 1. The molecule has 138 valence electrons. The van der Waals surface area contributed by atoms with Gasteiger partial charge in [-0.15, -0.1) is 0 Å². The lowest BCUT2D eigenvalue weighted by molar-refractivity contribution is -0.119. The van der Waals surface area contributed by atoms with Gasteiger partial charge in [0.2, 0.25) is 5.91 Å². The fourth-order valence-electron chi connectivity index (χ4n) is 3.60. The Balaban J connectivity index is 1.54. The third-order valence-corrected chi connectivity index (χ3v) is 4.83. The van der Waals surface area contributed by atoms with Crippen LogP contribution in [0.3, 0.4) is 0 Å². The Morgan fingerprint density at radius 3 is 2.70 bits per heavy atom. The van der Waals surface area contributed by atoms with E-state index in [1.165, 1.54) is 5.56 Å². The van der Waals surface area contributed by atoms with Crippen molar-refractivity contribution in [3.05, 3.63) is 66.2 Å². The lowest BCUT2D eigenvalue weighted by Gasteiger charge is -2.16. The summed E-state index contributed by atoms with van der Waals surface area (Å²) in [6.45, 7) is 3.94. The van der Waals surface area contributed by atoms with Crippen LogP contribution in [-0.2, 0) is 11.3 Å². The molecule has 1 aromatic carbocycles. The highest BCUT2D eigenvalue weighted by Crippen LogP contribution is 2.28. The molecule has 2 aromatic heterocycles. The minimum absolute atomic E-state index is 0.000843. The van der Waals surface area contributed by atoms with Crippen molar-refractivity contribution in [2.45, 2.75) is 25.4 Å². The van der Waals surface area contributed by atoms with Crippen molar-refractivity contribution in [2.24, 2.45) is 0 Å². The molecular weight excluding hydrogens is 340 g/mol. The van der Waals surface area contributed by atoms with Crippen LogP contribution in [0.1, 0.15) is 24.2 Å². The zero-order valence-corrected chi connectivity index (χ0v) is 15.2. The van der Waals surface area contributed by atoms with Gasteiger partial charge < -0.3 is 5.32 Å². The van der Waals surface area contributed by atoms with E-state index in [0.717, 1.165) is 31.0 Å². The average molecular weight is 362 g/mol. The van der Waals surface area contributed by atoms with E-state index in [4.69, 9.17) is 4.98 Å². The number of hydrogen-bond acceptors (Lipinski definition) is 5. The molecule has 1 aliphatic rings. The normalized spacial score (nSPS) is 19.9. The topological polar surface area (TPSA) is 86.8 Å². The minimum Gasteiger partial charge on any atom is -0.352 e. The average Bonchev–Trinajstić information content (AvgIpc) is 3.30. The molecule has 0 spiro atoms. The molecule has 1 saturated heterocycles. The van der Waals surface area contributed by atoms with Crippen molar-refractivity contribution in [1.82, 2.24) is 30.4 Å². The van der Waals surface area contributed by atoms with Gasteiger partial charge in [0.05, 0.1) is 12.0 Å². The molecule has 0 saturated carbocycles. The zero-order valence-electron chi connectivity index (χ0n) is 15.2. The molecule has 3 heterocycles. The molecule has 2 atom stereocenters. The maximum Gasteiger partial charge on any atom is 0.217 e. The molecule has 1 fully saturated rings. The number of carbonyl (C=O) groups is 1. The van der Waals surface area contributed by atoms with E-state index in [-0.39, 0.29) is 17.9 Å². The number of pyridine rings is 1. The summed E-state index contributed by atoms with van der Waals surface area (Å²) < 4.78 is 0. The molecule has 3 aromatic rings. The van der Waals surface area contributed by atoms with Crippen molar-refractivity contribution >= 4 is 5.91 Å². The molecular formula is C20H22N6O. The predicted octanol–water partition coefficient (Wildman–Crippen LogP) is 1.97. The molecule has 7 heteroatoms. The van der Waals surface area contributed by atoms with Gasteiger partial charge in [0.25, 0.3) is 0 Å². The lowest BCUT2D eigenvalue weighted by Crippen LogP contribution is -2.38. The van der Waals surface area contributed by atoms with E-state index in [9.17, 15) is 4.79 Å². The Bertz CT molecular complexity index is 895. The summed E-state index contributed by atoms with van der Waals surface area (Å²) >= 11 is 0. The number of amides is 1. The largest absolute Gasteiger partial charge is 0.352 e. The molecule has 0 aliphatic carbocycles. The van der Waals surface area contributed by atoms with Crippen molar-refractivity contribution in [3.63, 3.8) is 0 Å². The van der Waals surface area contributed by atoms with Crippen LogP contribution < -0.4 is 5.32 Å². The van der Waals surface area contributed by atoms with E-state index >= 15 is 0 Å². The fraction of sp³-hybridized carbons (Fsp3) is 0.300. The summed E-state index contributed by atoms with van der Waals surface area (Å²) in [5.41, 5.74) is 2.18. The molecule has 7 nitrogen and oxygen atoms in total. The highest BCUT2D eigenvalue weighted by atomic mass is 16.1. The highest BCUT2D eigenvalue weighted by molar-refractivity contribution is 5.73. The second-order valence-corrected chi connectivity index (χ2v) is 6.87. The van der Waals surface area contributed by atoms with Gasteiger partial charge in [0, 0.05) is 44.5 Å². The molecule has 27 heavy (non-hydrogen) atoms. The zero-order chi connectivity index (χ0) is 18.6. The molecule has 1 amide bonds. The number of aromatic amines is 1. The van der Waals surface area contributed by atoms with Gasteiger partial charge in [-0.1, -0.05) is 30.3 Å².